The van der Waals surface area contributed by atoms with Gasteiger partial charge in [0.25, 0.3) is 0 Å². The van der Waals surface area contributed by atoms with Crippen LogP contribution in [0.15, 0.2) is 60.8 Å². The number of hydrogen-bond donors (Lipinski definition) is 1. The van der Waals surface area contributed by atoms with Crippen molar-refractivity contribution in [3.8, 4) is 17.2 Å². The molecular weight excluding hydrogens is 414 g/mol. The van der Waals surface area contributed by atoms with Gasteiger partial charge in [0.15, 0.2) is 11.5 Å². The van der Waals surface area contributed by atoms with E-state index in [4.69, 9.17) is 9.47 Å². The molecule has 1 N–H and O–H groups in total. The van der Waals surface area contributed by atoms with Crippen molar-refractivity contribution in [3.63, 3.8) is 0 Å². The van der Waals surface area contributed by atoms with E-state index in [1.54, 1.807) is 0 Å². The smallest absolute Gasteiger partial charge is 0.226 e. The van der Waals surface area contributed by atoms with Crippen molar-refractivity contribution in [1.29, 1.82) is 0 Å². The van der Waals surface area contributed by atoms with Gasteiger partial charge in [0.1, 0.15) is 0 Å². The summed E-state index contributed by atoms with van der Waals surface area (Å²) in [4.78, 5) is 15.1. The molecule has 3 aromatic rings. The zero-order chi connectivity index (χ0) is 22.8. The first kappa shape index (κ1) is 21.4. The quantitative estimate of drug-likeness (QED) is 0.594. The second kappa shape index (κ2) is 8.85. The molecule has 1 aromatic heterocycles. The van der Waals surface area contributed by atoms with E-state index in [2.05, 4.69) is 52.5 Å². The molecule has 1 amide bonds. The first-order chi connectivity index (χ1) is 16.1. The van der Waals surface area contributed by atoms with E-state index in [0.29, 0.717) is 25.4 Å². The van der Waals surface area contributed by atoms with Gasteiger partial charge in [-0.25, -0.2) is 0 Å². The van der Waals surface area contributed by atoms with Crippen molar-refractivity contribution in [2.45, 2.75) is 38.6 Å². The Morgan fingerprint density at radius 2 is 1.73 bits per heavy atom. The highest BCUT2D eigenvalue weighted by Gasteiger charge is 2.42. The van der Waals surface area contributed by atoms with E-state index in [1.165, 1.54) is 11.4 Å². The fourth-order valence-electron chi connectivity index (χ4n) is 5.10. The summed E-state index contributed by atoms with van der Waals surface area (Å²) < 4.78 is 13.7. The van der Waals surface area contributed by atoms with Gasteiger partial charge in [-0.3, -0.25) is 4.79 Å². The SMILES string of the molecule is CCOc1ccc(CC(=O)N2CCC3(CC2)Nc2ccccc2-n2cccc23)cc1OCC. The summed E-state index contributed by atoms with van der Waals surface area (Å²) in [5.74, 6) is 1.58. The minimum absolute atomic E-state index is 0.143. The summed E-state index contributed by atoms with van der Waals surface area (Å²) in [6.07, 6.45) is 4.26. The molecule has 0 bridgehead atoms. The standard InChI is InChI=1S/C27H31N3O3/c1-3-32-23-12-11-20(18-24(23)33-4-2)19-26(31)29-16-13-27(14-17-29)25-10-7-15-30(25)22-9-6-5-8-21(22)28-27/h5-12,15,18,28H,3-4,13-14,16-17,19H2,1-2H3. The number of aromatic nitrogens is 1. The van der Waals surface area contributed by atoms with E-state index < -0.39 is 0 Å². The first-order valence-corrected chi connectivity index (χ1v) is 11.9. The predicted octanol–water partition coefficient (Wildman–Crippen LogP) is 4.76. The fraction of sp³-hybridized carbons (Fsp3) is 0.370. The first-order valence-electron chi connectivity index (χ1n) is 11.9. The minimum atomic E-state index is -0.143. The number of rotatable bonds is 6. The third-order valence-corrected chi connectivity index (χ3v) is 6.71. The third kappa shape index (κ3) is 3.94. The maximum absolute atomic E-state index is 13.1. The second-order valence-electron chi connectivity index (χ2n) is 8.69. The molecule has 5 rings (SSSR count). The number of piperidine rings is 1. The van der Waals surface area contributed by atoms with Crippen molar-refractivity contribution in [2.75, 3.05) is 31.6 Å². The Labute approximate surface area is 195 Å². The molecule has 1 spiro atoms. The Balaban J connectivity index is 1.28. The van der Waals surface area contributed by atoms with Gasteiger partial charge in [0.05, 0.1) is 36.5 Å². The van der Waals surface area contributed by atoms with E-state index in [1.807, 2.05) is 36.9 Å². The van der Waals surface area contributed by atoms with Crippen LogP contribution in [0.3, 0.4) is 0 Å². The Kier molecular flexibility index (Phi) is 5.75. The Morgan fingerprint density at radius 3 is 2.52 bits per heavy atom. The van der Waals surface area contributed by atoms with Crippen molar-refractivity contribution in [2.24, 2.45) is 0 Å². The Bertz CT molecular complexity index is 1150. The number of hydrogen-bond acceptors (Lipinski definition) is 4. The lowest BCUT2D eigenvalue weighted by atomic mass is 9.82. The van der Waals surface area contributed by atoms with Crippen LogP contribution in [-0.4, -0.2) is 41.7 Å². The lowest BCUT2D eigenvalue weighted by Crippen LogP contribution is -2.51. The van der Waals surface area contributed by atoms with Gasteiger partial charge in [0.2, 0.25) is 5.91 Å². The number of likely N-dealkylation sites (tertiary alicyclic amines) is 1. The molecule has 2 aliphatic heterocycles. The number of carbonyl (C=O) groups is 1. The largest absolute Gasteiger partial charge is 0.490 e. The molecule has 0 atom stereocenters. The topological polar surface area (TPSA) is 55.7 Å². The Morgan fingerprint density at radius 1 is 0.970 bits per heavy atom. The molecule has 6 heteroatoms. The monoisotopic (exact) mass is 445 g/mol. The fourth-order valence-corrected chi connectivity index (χ4v) is 5.10. The number of amides is 1. The highest BCUT2D eigenvalue weighted by molar-refractivity contribution is 5.79. The van der Waals surface area contributed by atoms with Crippen LogP contribution >= 0.6 is 0 Å². The molecule has 33 heavy (non-hydrogen) atoms. The zero-order valence-corrected chi connectivity index (χ0v) is 19.3. The van der Waals surface area contributed by atoms with Crippen LogP contribution < -0.4 is 14.8 Å². The van der Waals surface area contributed by atoms with Gasteiger partial charge in [-0.1, -0.05) is 18.2 Å². The second-order valence-corrected chi connectivity index (χ2v) is 8.69. The minimum Gasteiger partial charge on any atom is -0.490 e. The van der Waals surface area contributed by atoms with Crippen LogP contribution in [0.25, 0.3) is 5.69 Å². The molecule has 0 saturated carbocycles. The molecule has 1 fully saturated rings. The van der Waals surface area contributed by atoms with Crippen LogP contribution in [0.1, 0.15) is 37.9 Å². The summed E-state index contributed by atoms with van der Waals surface area (Å²) in [6.45, 7) is 6.50. The van der Waals surface area contributed by atoms with Gasteiger partial charge >= 0.3 is 0 Å². The average Bonchev–Trinajstić information content (AvgIpc) is 3.33. The summed E-state index contributed by atoms with van der Waals surface area (Å²) in [6, 6.07) is 18.5. The van der Waals surface area contributed by atoms with Gasteiger partial charge in [-0.05, 0) is 68.7 Å². The van der Waals surface area contributed by atoms with E-state index in [-0.39, 0.29) is 11.4 Å². The molecule has 0 radical (unpaired) electrons. The highest BCUT2D eigenvalue weighted by atomic mass is 16.5. The molecule has 1 saturated heterocycles. The van der Waals surface area contributed by atoms with Crippen molar-refractivity contribution in [3.05, 3.63) is 72.1 Å². The summed E-state index contributed by atoms with van der Waals surface area (Å²) >= 11 is 0. The maximum atomic E-state index is 13.1. The molecule has 6 nitrogen and oxygen atoms in total. The number of para-hydroxylation sites is 2. The Hall–Kier alpha value is -3.41. The average molecular weight is 446 g/mol. The molecule has 2 aliphatic rings. The van der Waals surface area contributed by atoms with Gasteiger partial charge < -0.3 is 24.3 Å². The molecule has 172 valence electrons. The number of nitrogens with zero attached hydrogens (tertiary/aromatic N) is 2. The number of fused-ring (bicyclic) bond motifs is 4. The molecular formula is C27H31N3O3. The van der Waals surface area contributed by atoms with Crippen molar-refractivity contribution in [1.82, 2.24) is 9.47 Å². The predicted molar refractivity (Wildman–Crippen MR) is 129 cm³/mol. The van der Waals surface area contributed by atoms with Crippen LogP contribution in [0.4, 0.5) is 5.69 Å². The number of ether oxygens (including phenoxy) is 2. The summed E-state index contributed by atoms with van der Waals surface area (Å²) in [7, 11) is 0. The molecule has 2 aromatic carbocycles. The maximum Gasteiger partial charge on any atom is 0.226 e. The van der Waals surface area contributed by atoms with E-state index in [9.17, 15) is 4.79 Å². The molecule has 0 aliphatic carbocycles. The van der Waals surface area contributed by atoms with E-state index in [0.717, 1.165) is 42.9 Å². The van der Waals surface area contributed by atoms with E-state index >= 15 is 0 Å². The summed E-state index contributed by atoms with van der Waals surface area (Å²) in [5.41, 5.74) is 4.42. The molecule has 0 unspecified atom stereocenters. The van der Waals surface area contributed by atoms with Gasteiger partial charge in [-0.2, -0.15) is 0 Å². The number of anilines is 1. The number of carbonyl (C=O) groups excluding carboxylic acids is 1. The lowest BCUT2D eigenvalue weighted by molar-refractivity contribution is -0.132. The number of benzene rings is 2. The van der Waals surface area contributed by atoms with Crippen molar-refractivity contribution < 1.29 is 14.3 Å². The van der Waals surface area contributed by atoms with Crippen LogP contribution in [0, 0.1) is 0 Å². The van der Waals surface area contributed by atoms with Crippen LogP contribution in [0.2, 0.25) is 0 Å². The normalized spacial score (nSPS) is 16.0. The number of nitrogens with one attached hydrogen (secondary N) is 1. The highest BCUT2D eigenvalue weighted by Crippen LogP contribution is 2.43. The third-order valence-electron chi connectivity index (χ3n) is 6.71. The zero-order valence-electron chi connectivity index (χ0n) is 19.3. The van der Waals surface area contributed by atoms with Crippen LogP contribution in [0.5, 0.6) is 11.5 Å². The molecule has 3 heterocycles. The van der Waals surface area contributed by atoms with Gasteiger partial charge in [0, 0.05) is 25.0 Å². The summed E-state index contributed by atoms with van der Waals surface area (Å²) in [5, 5.41) is 3.81. The van der Waals surface area contributed by atoms with Crippen LogP contribution in [-0.2, 0) is 16.8 Å². The van der Waals surface area contributed by atoms with Crippen molar-refractivity contribution >= 4 is 11.6 Å². The lowest BCUT2D eigenvalue weighted by Gasteiger charge is -2.46. The van der Waals surface area contributed by atoms with Gasteiger partial charge in [-0.15, -0.1) is 0 Å².